The zero-order valence-electron chi connectivity index (χ0n) is 9.31. The molecule has 0 spiro atoms. The van der Waals surface area contributed by atoms with Gasteiger partial charge in [-0.1, -0.05) is 18.2 Å². The van der Waals surface area contributed by atoms with Gasteiger partial charge in [-0.3, -0.25) is 0 Å². The van der Waals surface area contributed by atoms with Gasteiger partial charge in [-0.2, -0.15) is 4.31 Å². The summed E-state index contributed by atoms with van der Waals surface area (Å²) < 4.78 is 24.4. The highest BCUT2D eigenvalue weighted by atomic mass is 32.2. The molecule has 0 saturated carbocycles. The Bertz CT molecular complexity index is 497. The second-order valence-electron chi connectivity index (χ2n) is 4.15. The molecule has 5 heteroatoms. The molecule has 0 radical (unpaired) electrons. The van der Waals surface area contributed by atoms with Gasteiger partial charge in [-0.05, 0) is 23.1 Å². The van der Waals surface area contributed by atoms with Crippen LogP contribution in [0.25, 0.3) is 0 Å². The third-order valence-corrected chi connectivity index (χ3v) is 4.20. The standard InChI is InChI=1S/C11H16N2O2S/c1-16(14,15)13-5-4-10-3-2-9(7-12)6-11(10)8-13/h2-3,6H,4-5,7-8,12H2,1H3. The third-order valence-electron chi connectivity index (χ3n) is 2.95. The summed E-state index contributed by atoms with van der Waals surface area (Å²) in [5, 5.41) is 0. The summed E-state index contributed by atoms with van der Waals surface area (Å²) in [5.74, 6) is 0. The van der Waals surface area contributed by atoms with Crippen molar-refractivity contribution in [2.75, 3.05) is 12.8 Å². The van der Waals surface area contributed by atoms with Crippen molar-refractivity contribution in [1.82, 2.24) is 4.31 Å². The van der Waals surface area contributed by atoms with Gasteiger partial charge in [0.1, 0.15) is 0 Å². The molecule has 0 unspecified atom stereocenters. The molecule has 0 aromatic heterocycles. The number of nitrogens with zero attached hydrogens (tertiary/aromatic N) is 1. The molecule has 4 nitrogen and oxygen atoms in total. The second-order valence-corrected chi connectivity index (χ2v) is 6.14. The van der Waals surface area contributed by atoms with Crippen LogP contribution >= 0.6 is 0 Å². The fourth-order valence-electron chi connectivity index (χ4n) is 1.99. The van der Waals surface area contributed by atoms with Gasteiger partial charge in [0.05, 0.1) is 6.26 Å². The first kappa shape index (κ1) is 11.6. The number of hydrogen-bond acceptors (Lipinski definition) is 3. The second kappa shape index (κ2) is 4.16. The van der Waals surface area contributed by atoms with Gasteiger partial charge in [-0.25, -0.2) is 8.42 Å². The molecule has 2 N–H and O–H groups in total. The molecule has 1 aliphatic rings. The van der Waals surface area contributed by atoms with Crippen LogP contribution < -0.4 is 5.73 Å². The van der Waals surface area contributed by atoms with Crippen LogP contribution in [0.5, 0.6) is 0 Å². The largest absolute Gasteiger partial charge is 0.326 e. The summed E-state index contributed by atoms with van der Waals surface area (Å²) in [4.78, 5) is 0. The summed E-state index contributed by atoms with van der Waals surface area (Å²) in [6, 6.07) is 6.07. The van der Waals surface area contributed by atoms with Gasteiger partial charge in [-0.15, -0.1) is 0 Å². The zero-order chi connectivity index (χ0) is 11.8. The topological polar surface area (TPSA) is 63.4 Å². The smallest absolute Gasteiger partial charge is 0.211 e. The Balaban J connectivity index is 2.32. The minimum absolute atomic E-state index is 0.474. The predicted octanol–water partition coefficient (Wildman–Crippen LogP) is 0.463. The van der Waals surface area contributed by atoms with Gasteiger partial charge >= 0.3 is 0 Å². The van der Waals surface area contributed by atoms with Gasteiger partial charge in [0.15, 0.2) is 0 Å². The molecule has 88 valence electrons. The Kier molecular flexibility index (Phi) is 3.01. The lowest BCUT2D eigenvalue weighted by atomic mass is 9.99. The maximum Gasteiger partial charge on any atom is 0.211 e. The lowest BCUT2D eigenvalue weighted by Gasteiger charge is -2.27. The monoisotopic (exact) mass is 240 g/mol. The molecule has 1 aliphatic heterocycles. The van der Waals surface area contributed by atoms with E-state index in [4.69, 9.17) is 5.73 Å². The normalized spacial score (nSPS) is 17.1. The summed E-state index contributed by atoms with van der Waals surface area (Å²) in [6.07, 6.45) is 2.04. The van der Waals surface area contributed by atoms with Crippen LogP contribution in [0.3, 0.4) is 0 Å². The van der Waals surface area contributed by atoms with E-state index in [1.807, 2.05) is 12.1 Å². The van der Waals surface area contributed by atoms with Crippen molar-refractivity contribution in [2.24, 2.45) is 5.73 Å². The predicted molar refractivity (Wildman–Crippen MR) is 63.3 cm³/mol. The molecule has 16 heavy (non-hydrogen) atoms. The molecule has 0 fully saturated rings. The van der Waals surface area contributed by atoms with E-state index in [0.29, 0.717) is 19.6 Å². The molecule has 1 heterocycles. The van der Waals surface area contributed by atoms with Gasteiger partial charge in [0.25, 0.3) is 0 Å². The first-order valence-electron chi connectivity index (χ1n) is 5.26. The van der Waals surface area contributed by atoms with Gasteiger partial charge in [0.2, 0.25) is 10.0 Å². The first-order valence-corrected chi connectivity index (χ1v) is 7.11. The molecule has 0 bridgehead atoms. The summed E-state index contributed by atoms with van der Waals surface area (Å²) in [6.45, 7) is 1.54. The number of benzene rings is 1. The van der Waals surface area contributed by atoms with E-state index in [2.05, 4.69) is 6.07 Å². The Morgan fingerprint density at radius 1 is 1.38 bits per heavy atom. The zero-order valence-corrected chi connectivity index (χ0v) is 10.1. The van der Waals surface area contributed by atoms with Crippen molar-refractivity contribution < 1.29 is 8.42 Å². The fourth-order valence-corrected chi connectivity index (χ4v) is 2.79. The van der Waals surface area contributed by atoms with E-state index in [1.54, 1.807) is 0 Å². The highest BCUT2D eigenvalue weighted by Gasteiger charge is 2.22. The molecular formula is C11H16N2O2S. The van der Waals surface area contributed by atoms with E-state index in [1.165, 1.54) is 16.1 Å². The van der Waals surface area contributed by atoms with Crippen LogP contribution in [0.15, 0.2) is 18.2 Å². The lowest BCUT2D eigenvalue weighted by molar-refractivity contribution is 0.395. The molecule has 1 aromatic carbocycles. The van der Waals surface area contributed by atoms with E-state index in [0.717, 1.165) is 17.5 Å². The minimum Gasteiger partial charge on any atom is -0.326 e. The molecule has 0 amide bonds. The van der Waals surface area contributed by atoms with E-state index in [9.17, 15) is 8.42 Å². The van der Waals surface area contributed by atoms with Crippen LogP contribution in [-0.2, 0) is 29.5 Å². The molecule has 2 rings (SSSR count). The van der Waals surface area contributed by atoms with Crippen LogP contribution in [0.2, 0.25) is 0 Å². The SMILES string of the molecule is CS(=O)(=O)N1CCc2ccc(CN)cc2C1. The number of sulfonamides is 1. The van der Waals surface area contributed by atoms with Crippen LogP contribution in [0.4, 0.5) is 0 Å². The molecule has 0 atom stereocenters. The fraction of sp³-hybridized carbons (Fsp3) is 0.455. The van der Waals surface area contributed by atoms with Crippen molar-refractivity contribution in [1.29, 1.82) is 0 Å². The van der Waals surface area contributed by atoms with Gasteiger partial charge in [0, 0.05) is 19.6 Å². The van der Waals surface area contributed by atoms with Crippen molar-refractivity contribution in [3.8, 4) is 0 Å². The summed E-state index contributed by atoms with van der Waals surface area (Å²) in [7, 11) is -3.09. The Hall–Kier alpha value is -0.910. The van der Waals surface area contributed by atoms with Crippen molar-refractivity contribution in [3.63, 3.8) is 0 Å². The first-order chi connectivity index (χ1) is 7.50. The van der Waals surface area contributed by atoms with Crippen LogP contribution in [0.1, 0.15) is 16.7 Å². The molecular weight excluding hydrogens is 224 g/mol. The van der Waals surface area contributed by atoms with E-state index < -0.39 is 10.0 Å². The maximum atomic E-state index is 11.5. The number of fused-ring (bicyclic) bond motifs is 1. The average Bonchev–Trinajstić information content (AvgIpc) is 2.26. The Morgan fingerprint density at radius 2 is 2.12 bits per heavy atom. The number of rotatable bonds is 2. The Morgan fingerprint density at radius 3 is 2.75 bits per heavy atom. The third kappa shape index (κ3) is 2.26. The molecule has 1 aromatic rings. The van der Waals surface area contributed by atoms with E-state index >= 15 is 0 Å². The van der Waals surface area contributed by atoms with Crippen molar-refractivity contribution in [3.05, 3.63) is 34.9 Å². The average molecular weight is 240 g/mol. The number of nitrogens with two attached hydrogens (primary N) is 1. The Labute approximate surface area is 96.1 Å². The molecule has 0 saturated heterocycles. The summed E-state index contributed by atoms with van der Waals surface area (Å²) in [5.41, 5.74) is 8.94. The maximum absolute atomic E-state index is 11.5. The van der Waals surface area contributed by atoms with Crippen molar-refractivity contribution in [2.45, 2.75) is 19.5 Å². The molecule has 0 aliphatic carbocycles. The lowest BCUT2D eigenvalue weighted by Crippen LogP contribution is -2.35. The quantitative estimate of drug-likeness (QED) is 0.817. The van der Waals surface area contributed by atoms with Crippen LogP contribution in [-0.4, -0.2) is 25.5 Å². The number of hydrogen-bond donors (Lipinski definition) is 1. The van der Waals surface area contributed by atoms with Gasteiger partial charge < -0.3 is 5.73 Å². The highest BCUT2D eigenvalue weighted by molar-refractivity contribution is 7.88. The minimum atomic E-state index is -3.09. The van der Waals surface area contributed by atoms with Crippen LogP contribution in [0, 0.1) is 0 Å². The van der Waals surface area contributed by atoms with E-state index in [-0.39, 0.29) is 0 Å². The van der Waals surface area contributed by atoms with Crippen molar-refractivity contribution >= 4 is 10.0 Å². The highest BCUT2D eigenvalue weighted by Crippen LogP contribution is 2.21. The summed E-state index contributed by atoms with van der Waals surface area (Å²) >= 11 is 0.